The van der Waals surface area contributed by atoms with Gasteiger partial charge in [-0.05, 0) is 61.0 Å². The van der Waals surface area contributed by atoms with Crippen molar-refractivity contribution in [2.75, 3.05) is 5.43 Å². The van der Waals surface area contributed by atoms with Crippen LogP contribution >= 0.6 is 0 Å². The molecule has 2 aromatic carbocycles. The van der Waals surface area contributed by atoms with Crippen molar-refractivity contribution in [2.45, 2.75) is 6.92 Å². The number of hydrogen-bond acceptors (Lipinski definition) is 4. The van der Waals surface area contributed by atoms with Gasteiger partial charge in [0.05, 0.1) is 17.0 Å². The average molecular weight is 270 g/mol. The Bertz CT molecular complexity index is 631. The molecule has 0 aliphatic carbocycles. The van der Waals surface area contributed by atoms with Gasteiger partial charge in [0.2, 0.25) is 0 Å². The Hall–Kier alpha value is -2.82. The molecule has 0 aliphatic rings. The molecule has 20 heavy (non-hydrogen) atoms. The molecular weight excluding hydrogens is 256 g/mol. The standard InChI is InChI=1S/C15H14N2O3/c1-10(11-4-8-14(18)9-5-11)16-17-13-6-2-12(3-7-13)15(19)20/h2-9,17-18H,1H3,(H,19,20)/b16-10-. The second-order valence-corrected chi connectivity index (χ2v) is 4.24. The minimum absolute atomic E-state index is 0.207. The number of hydrogen-bond donors (Lipinski definition) is 3. The normalized spacial score (nSPS) is 11.2. The summed E-state index contributed by atoms with van der Waals surface area (Å²) in [5.41, 5.74) is 5.43. The maximum atomic E-state index is 10.7. The highest BCUT2D eigenvalue weighted by Crippen LogP contribution is 2.12. The number of aromatic hydroxyl groups is 1. The number of phenols is 1. The number of nitrogens with one attached hydrogen (secondary N) is 1. The maximum absolute atomic E-state index is 10.7. The molecule has 0 spiro atoms. The predicted molar refractivity (Wildman–Crippen MR) is 77.3 cm³/mol. The van der Waals surface area contributed by atoms with Crippen LogP contribution in [0.25, 0.3) is 0 Å². The molecule has 0 unspecified atom stereocenters. The largest absolute Gasteiger partial charge is 0.508 e. The molecule has 0 aliphatic heterocycles. The molecule has 2 aromatic rings. The van der Waals surface area contributed by atoms with Gasteiger partial charge in [0.1, 0.15) is 5.75 Å². The van der Waals surface area contributed by atoms with Gasteiger partial charge in [0, 0.05) is 0 Å². The topological polar surface area (TPSA) is 81.9 Å². The third kappa shape index (κ3) is 3.35. The second-order valence-electron chi connectivity index (χ2n) is 4.24. The van der Waals surface area contributed by atoms with E-state index in [4.69, 9.17) is 5.11 Å². The van der Waals surface area contributed by atoms with Crippen molar-refractivity contribution in [1.29, 1.82) is 0 Å². The van der Waals surface area contributed by atoms with Gasteiger partial charge in [-0.1, -0.05) is 0 Å². The number of carboxylic acids is 1. The minimum atomic E-state index is -0.958. The smallest absolute Gasteiger partial charge is 0.335 e. The van der Waals surface area contributed by atoms with Crippen LogP contribution in [0.3, 0.4) is 0 Å². The molecule has 0 fully saturated rings. The third-order valence-corrected chi connectivity index (χ3v) is 2.77. The molecule has 0 saturated carbocycles. The summed E-state index contributed by atoms with van der Waals surface area (Å²) < 4.78 is 0. The van der Waals surface area contributed by atoms with Crippen molar-refractivity contribution in [2.24, 2.45) is 5.10 Å². The first-order chi connectivity index (χ1) is 9.56. The number of nitrogens with zero attached hydrogens (tertiary/aromatic N) is 1. The van der Waals surface area contributed by atoms with Crippen LogP contribution in [0.1, 0.15) is 22.8 Å². The molecule has 0 radical (unpaired) electrons. The van der Waals surface area contributed by atoms with E-state index in [1.165, 1.54) is 12.1 Å². The van der Waals surface area contributed by atoms with Crippen molar-refractivity contribution in [1.82, 2.24) is 0 Å². The lowest BCUT2D eigenvalue weighted by Gasteiger charge is -2.04. The zero-order chi connectivity index (χ0) is 14.5. The highest BCUT2D eigenvalue weighted by Gasteiger charge is 2.01. The Labute approximate surface area is 116 Å². The maximum Gasteiger partial charge on any atom is 0.335 e. The SMILES string of the molecule is C/C(=N/Nc1ccc(C(=O)O)cc1)c1ccc(O)cc1. The number of rotatable bonds is 4. The van der Waals surface area contributed by atoms with Gasteiger partial charge < -0.3 is 10.2 Å². The molecule has 0 saturated heterocycles. The zero-order valence-corrected chi connectivity index (χ0v) is 10.9. The molecule has 3 N–H and O–H groups in total. The average Bonchev–Trinajstić information content (AvgIpc) is 2.46. The molecule has 2 rings (SSSR count). The third-order valence-electron chi connectivity index (χ3n) is 2.77. The van der Waals surface area contributed by atoms with Crippen LogP contribution in [0.5, 0.6) is 5.75 Å². The van der Waals surface area contributed by atoms with Crippen molar-refractivity contribution in [3.05, 3.63) is 59.7 Å². The summed E-state index contributed by atoms with van der Waals surface area (Å²) in [7, 11) is 0. The molecule has 0 bridgehead atoms. The fraction of sp³-hybridized carbons (Fsp3) is 0.0667. The highest BCUT2D eigenvalue weighted by atomic mass is 16.4. The van der Waals surface area contributed by atoms with E-state index in [-0.39, 0.29) is 11.3 Å². The highest BCUT2D eigenvalue weighted by molar-refractivity contribution is 5.99. The van der Waals surface area contributed by atoms with Crippen molar-refractivity contribution >= 4 is 17.4 Å². The Morgan fingerprint density at radius 2 is 1.55 bits per heavy atom. The summed E-state index contributed by atoms with van der Waals surface area (Å²) >= 11 is 0. The first-order valence-corrected chi connectivity index (χ1v) is 5.99. The van der Waals surface area contributed by atoms with Gasteiger partial charge in [-0.25, -0.2) is 4.79 Å². The van der Waals surface area contributed by atoms with E-state index < -0.39 is 5.97 Å². The lowest BCUT2D eigenvalue weighted by molar-refractivity contribution is 0.0697. The summed E-state index contributed by atoms with van der Waals surface area (Å²) in [6.45, 7) is 1.84. The summed E-state index contributed by atoms with van der Waals surface area (Å²) in [5, 5.41) is 22.2. The summed E-state index contributed by atoms with van der Waals surface area (Å²) in [5.74, 6) is -0.751. The van der Waals surface area contributed by atoms with E-state index in [1.54, 1.807) is 36.4 Å². The molecular formula is C15H14N2O3. The van der Waals surface area contributed by atoms with E-state index in [2.05, 4.69) is 10.5 Å². The van der Waals surface area contributed by atoms with Gasteiger partial charge in [-0.3, -0.25) is 5.43 Å². The monoisotopic (exact) mass is 270 g/mol. The fourth-order valence-electron chi connectivity index (χ4n) is 1.60. The molecule has 0 aromatic heterocycles. The minimum Gasteiger partial charge on any atom is -0.508 e. The van der Waals surface area contributed by atoms with Gasteiger partial charge in [-0.2, -0.15) is 5.10 Å². The van der Waals surface area contributed by atoms with Gasteiger partial charge >= 0.3 is 5.97 Å². The summed E-state index contributed by atoms with van der Waals surface area (Å²) in [6, 6.07) is 13.0. The lowest BCUT2D eigenvalue weighted by atomic mass is 10.1. The van der Waals surface area contributed by atoms with E-state index in [1.807, 2.05) is 6.92 Å². The molecule has 5 heteroatoms. The van der Waals surface area contributed by atoms with Crippen LogP contribution in [-0.2, 0) is 0 Å². The number of aromatic carboxylic acids is 1. The Balaban J connectivity index is 2.08. The van der Waals surface area contributed by atoms with Crippen LogP contribution in [-0.4, -0.2) is 21.9 Å². The predicted octanol–water partition coefficient (Wildman–Crippen LogP) is 2.93. The van der Waals surface area contributed by atoms with E-state index in [0.29, 0.717) is 5.69 Å². The first-order valence-electron chi connectivity index (χ1n) is 5.99. The zero-order valence-electron chi connectivity index (χ0n) is 10.9. The summed E-state index contributed by atoms with van der Waals surface area (Å²) in [6.07, 6.45) is 0. The first kappa shape index (κ1) is 13.6. The Morgan fingerprint density at radius 3 is 2.10 bits per heavy atom. The van der Waals surface area contributed by atoms with Crippen LogP contribution in [0, 0.1) is 0 Å². The van der Waals surface area contributed by atoms with Crippen molar-refractivity contribution in [3.63, 3.8) is 0 Å². The molecule has 5 nitrogen and oxygen atoms in total. The van der Waals surface area contributed by atoms with Crippen LogP contribution < -0.4 is 5.43 Å². The van der Waals surface area contributed by atoms with Gasteiger partial charge in [-0.15, -0.1) is 0 Å². The number of phenolic OH excluding ortho intramolecular Hbond substituents is 1. The van der Waals surface area contributed by atoms with Gasteiger partial charge in [0.15, 0.2) is 0 Å². The number of anilines is 1. The molecule has 0 heterocycles. The quantitative estimate of drug-likeness (QED) is 0.589. The van der Waals surface area contributed by atoms with Crippen LogP contribution in [0.15, 0.2) is 53.6 Å². The molecule has 0 amide bonds. The van der Waals surface area contributed by atoms with E-state index in [0.717, 1.165) is 11.3 Å². The van der Waals surface area contributed by atoms with E-state index >= 15 is 0 Å². The van der Waals surface area contributed by atoms with Crippen molar-refractivity contribution in [3.8, 4) is 5.75 Å². The van der Waals surface area contributed by atoms with Crippen molar-refractivity contribution < 1.29 is 15.0 Å². The number of hydrazone groups is 1. The van der Waals surface area contributed by atoms with Crippen LogP contribution in [0.2, 0.25) is 0 Å². The fourth-order valence-corrected chi connectivity index (χ4v) is 1.60. The Morgan fingerprint density at radius 1 is 1.00 bits per heavy atom. The number of carbonyl (C=O) groups is 1. The number of benzene rings is 2. The Kier molecular flexibility index (Phi) is 4.00. The lowest BCUT2D eigenvalue weighted by Crippen LogP contribution is -2.00. The second kappa shape index (κ2) is 5.88. The molecule has 0 atom stereocenters. The number of carboxylic acid groups (broad SMARTS) is 1. The van der Waals surface area contributed by atoms with E-state index in [9.17, 15) is 9.90 Å². The summed E-state index contributed by atoms with van der Waals surface area (Å²) in [4.78, 5) is 10.7. The van der Waals surface area contributed by atoms with Crippen LogP contribution in [0.4, 0.5) is 5.69 Å². The van der Waals surface area contributed by atoms with Gasteiger partial charge in [0.25, 0.3) is 0 Å². The molecule has 102 valence electrons.